The standard InChI is InChI=1S/C17H13FN4O3/c18-11-7-5-10(6-8-11)15-19-17(22-21-15)20-16(23)14-9-24-12-3-1-2-4-13(12)25-14/h1-8,14H,9H2,(H2,19,20,21,22,23)/t14-/m0/s1. The molecule has 1 amide bonds. The van der Waals surface area contributed by atoms with E-state index in [1.807, 2.05) is 6.07 Å². The number of carbonyl (C=O) groups is 1. The van der Waals surface area contributed by atoms with E-state index in [0.29, 0.717) is 22.9 Å². The number of nitrogens with one attached hydrogen (secondary N) is 2. The van der Waals surface area contributed by atoms with E-state index in [0.717, 1.165) is 0 Å². The summed E-state index contributed by atoms with van der Waals surface area (Å²) in [6, 6.07) is 12.9. The van der Waals surface area contributed by atoms with Gasteiger partial charge in [-0.15, -0.1) is 5.10 Å². The van der Waals surface area contributed by atoms with Gasteiger partial charge in [0.05, 0.1) is 0 Å². The maximum Gasteiger partial charge on any atom is 0.271 e. The van der Waals surface area contributed by atoms with E-state index in [4.69, 9.17) is 9.47 Å². The summed E-state index contributed by atoms with van der Waals surface area (Å²) in [6.07, 6.45) is -0.803. The Balaban J connectivity index is 1.44. The highest BCUT2D eigenvalue weighted by Gasteiger charge is 2.28. The zero-order chi connectivity index (χ0) is 17.2. The lowest BCUT2D eigenvalue weighted by Crippen LogP contribution is -2.40. The summed E-state index contributed by atoms with van der Waals surface area (Å²) in [4.78, 5) is 16.5. The number of hydrogen-bond donors (Lipinski definition) is 2. The first-order valence-electron chi connectivity index (χ1n) is 7.57. The molecule has 2 N–H and O–H groups in total. The highest BCUT2D eigenvalue weighted by molar-refractivity contribution is 5.93. The number of H-pyrrole nitrogens is 1. The van der Waals surface area contributed by atoms with Crippen LogP contribution in [0.3, 0.4) is 0 Å². The van der Waals surface area contributed by atoms with Crippen molar-refractivity contribution in [2.24, 2.45) is 0 Å². The van der Waals surface area contributed by atoms with Crippen LogP contribution in [-0.4, -0.2) is 33.8 Å². The second-order valence-electron chi connectivity index (χ2n) is 5.37. The number of halogens is 1. The van der Waals surface area contributed by atoms with Crippen molar-refractivity contribution < 1.29 is 18.7 Å². The van der Waals surface area contributed by atoms with Crippen LogP contribution in [0.1, 0.15) is 0 Å². The van der Waals surface area contributed by atoms with Gasteiger partial charge in [0, 0.05) is 5.56 Å². The van der Waals surface area contributed by atoms with E-state index in [2.05, 4.69) is 20.5 Å². The number of aromatic nitrogens is 3. The molecule has 1 aliphatic rings. The van der Waals surface area contributed by atoms with Crippen molar-refractivity contribution in [1.82, 2.24) is 15.2 Å². The minimum atomic E-state index is -0.803. The average Bonchev–Trinajstić information content (AvgIpc) is 3.10. The summed E-state index contributed by atoms with van der Waals surface area (Å²) in [7, 11) is 0. The molecule has 0 saturated carbocycles. The second-order valence-corrected chi connectivity index (χ2v) is 5.37. The third kappa shape index (κ3) is 3.14. The third-order valence-electron chi connectivity index (χ3n) is 3.64. The molecule has 126 valence electrons. The summed E-state index contributed by atoms with van der Waals surface area (Å²) in [5, 5.41) is 9.20. The predicted octanol–water partition coefficient (Wildman–Crippen LogP) is 2.39. The molecule has 4 rings (SSSR count). The summed E-state index contributed by atoms with van der Waals surface area (Å²) in [5.41, 5.74) is 0.653. The quantitative estimate of drug-likeness (QED) is 0.764. The van der Waals surface area contributed by atoms with Crippen LogP contribution in [0.25, 0.3) is 11.4 Å². The van der Waals surface area contributed by atoms with Gasteiger partial charge in [0.15, 0.2) is 17.3 Å². The summed E-state index contributed by atoms with van der Waals surface area (Å²) in [5.74, 6) is 0.873. The summed E-state index contributed by atoms with van der Waals surface area (Å²) in [6.45, 7) is 0.0953. The Morgan fingerprint density at radius 1 is 1.16 bits per heavy atom. The van der Waals surface area contributed by atoms with Gasteiger partial charge in [-0.05, 0) is 36.4 Å². The maximum absolute atomic E-state index is 13.0. The van der Waals surface area contributed by atoms with E-state index in [-0.39, 0.29) is 18.4 Å². The second kappa shape index (κ2) is 6.23. The molecule has 0 fully saturated rings. The van der Waals surface area contributed by atoms with Crippen LogP contribution < -0.4 is 14.8 Å². The number of aromatic amines is 1. The first kappa shape index (κ1) is 15.1. The van der Waals surface area contributed by atoms with Gasteiger partial charge >= 0.3 is 0 Å². The Labute approximate surface area is 141 Å². The van der Waals surface area contributed by atoms with Gasteiger partial charge in [-0.3, -0.25) is 15.2 Å². The van der Waals surface area contributed by atoms with Crippen LogP contribution in [-0.2, 0) is 4.79 Å². The molecule has 0 spiro atoms. The molecule has 3 aromatic rings. The first-order chi connectivity index (χ1) is 12.2. The van der Waals surface area contributed by atoms with Crippen LogP contribution in [0.4, 0.5) is 10.3 Å². The lowest BCUT2D eigenvalue weighted by atomic mass is 10.2. The number of carbonyl (C=O) groups excluding carboxylic acids is 1. The molecule has 2 aromatic carbocycles. The molecule has 0 saturated heterocycles. The molecule has 0 bridgehead atoms. The molecule has 0 aliphatic carbocycles. The highest BCUT2D eigenvalue weighted by Crippen LogP contribution is 2.31. The minimum absolute atomic E-state index is 0.0953. The van der Waals surface area contributed by atoms with Crippen LogP contribution in [0, 0.1) is 5.82 Å². The van der Waals surface area contributed by atoms with E-state index in [1.54, 1.807) is 30.3 Å². The topological polar surface area (TPSA) is 89.1 Å². The van der Waals surface area contributed by atoms with E-state index in [1.165, 1.54) is 12.1 Å². The van der Waals surface area contributed by atoms with Crippen LogP contribution in [0.2, 0.25) is 0 Å². The number of rotatable bonds is 3. The Morgan fingerprint density at radius 2 is 1.92 bits per heavy atom. The summed E-state index contributed by atoms with van der Waals surface area (Å²) >= 11 is 0. The van der Waals surface area contributed by atoms with Crippen molar-refractivity contribution in [3.63, 3.8) is 0 Å². The Bertz CT molecular complexity index is 910. The van der Waals surface area contributed by atoms with Gasteiger partial charge in [0.2, 0.25) is 12.1 Å². The van der Waals surface area contributed by atoms with Crippen molar-refractivity contribution in [3.05, 3.63) is 54.3 Å². The number of anilines is 1. The van der Waals surface area contributed by atoms with Crippen LogP contribution >= 0.6 is 0 Å². The molecule has 7 nitrogen and oxygen atoms in total. The minimum Gasteiger partial charge on any atom is -0.485 e. The van der Waals surface area contributed by atoms with Gasteiger partial charge in [0.1, 0.15) is 12.4 Å². The van der Waals surface area contributed by atoms with Crippen molar-refractivity contribution >= 4 is 11.9 Å². The van der Waals surface area contributed by atoms with E-state index < -0.39 is 12.0 Å². The van der Waals surface area contributed by atoms with Crippen LogP contribution in [0.5, 0.6) is 11.5 Å². The monoisotopic (exact) mass is 340 g/mol. The number of ether oxygens (including phenoxy) is 2. The largest absolute Gasteiger partial charge is 0.485 e. The highest BCUT2D eigenvalue weighted by atomic mass is 19.1. The maximum atomic E-state index is 13.0. The number of para-hydroxylation sites is 2. The zero-order valence-electron chi connectivity index (χ0n) is 12.9. The SMILES string of the molecule is O=C(Nc1n[nH]c(-c2ccc(F)cc2)n1)[C@@H]1COc2ccccc2O1. The smallest absolute Gasteiger partial charge is 0.271 e. The van der Waals surface area contributed by atoms with Gasteiger partial charge in [0.25, 0.3) is 5.91 Å². The van der Waals surface area contributed by atoms with Gasteiger partial charge in [-0.1, -0.05) is 12.1 Å². The van der Waals surface area contributed by atoms with Gasteiger partial charge in [-0.2, -0.15) is 4.98 Å². The fraction of sp³-hybridized carbons (Fsp3) is 0.118. The summed E-state index contributed by atoms with van der Waals surface area (Å²) < 4.78 is 24.1. The molecular weight excluding hydrogens is 327 g/mol. The zero-order valence-corrected chi connectivity index (χ0v) is 12.9. The lowest BCUT2D eigenvalue weighted by molar-refractivity contribution is -0.125. The average molecular weight is 340 g/mol. The molecule has 0 unspecified atom stereocenters. The molecular formula is C17H13FN4O3. The van der Waals surface area contributed by atoms with E-state index >= 15 is 0 Å². The Kier molecular flexibility index (Phi) is 3.77. The number of nitrogens with zero attached hydrogens (tertiary/aromatic N) is 2. The van der Waals surface area contributed by atoms with E-state index in [9.17, 15) is 9.18 Å². The van der Waals surface area contributed by atoms with Crippen molar-refractivity contribution in [1.29, 1.82) is 0 Å². The first-order valence-corrected chi connectivity index (χ1v) is 7.57. The van der Waals surface area contributed by atoms with Crippen molar-refractivity contribution in [3.8, 4) is 22.9 Å². The molecule has 0 radical (unpaired) electrons. The number of fused-ring (bicyclic) bond motifs is 1. The van der Waals surface area contributed by atoms with Crippen molar-refractivity contribution in [2.75, 3.05) is 11.9 Å². The van der Waals surface area contributed by atoms with Crippen LogP contribution in [0.15, 0.2) is 48.5 Å². The normalized spacial score (nSPS) is 15.6. The molecule has 2 heterocycles. The molecule has 1 aliphatic heterocycles. The fourth-order valence-electron chi connectivity index (χ4n) is 2.39. The number of hydrogen-bond acceptors (Lipinski definition) is 5. The number of amides is 1. The van der Waals surface area contributed by atoms with Gasteiger partial charge in [-0.25, -0.2) is 4.39 Å². The fourth-order valence-corrected chi connectivity index (χ4v) is 2.39. The molecule has 25 heavy (non-hydrogen) atoms. The van der Waals surface area contributed by atoms with Gasteiger partial charge < -0.3 is 9.47 Å². The Morgan fingerprint density at radius 3 is 2.72 bits per heavy atom. The van der Waals surface area contributed by atoms with Crippen molar-refractivity contribution in [2.45, 2.75) is 6.10 Å². The lowest BCUT2D eigenvalue weighted by Gasteiger charge is -2.25. The molecule has 1 aromatic heterocycles. The third-order valence-corrected chi connectivity index (χ3v) is 3.64. The predicted molar refractivity (Wildman–Crippen MR) is 86.8 cm³/mol. The number of benzene rings is 2. The Hall–Kier alpha value is -3.42. The molecule has 8 heteroatoms. The molecule has 1 atom stereocenters.